The Morgan fingerprint density at radius 3 is 2.20 bits per heavy atom. The lowest BCUT2D eigenvalue weighted by atomic mass is 10.0. The first-order valence-electron chi connectivity index (χ1n) is 9.52. The van der Waals surface area contributed by atoms with Crippen LogP contribution in [0.5, 0.6) is 0 Å². The molecule has 3 aromatic rings. The number of rotatable bonds is 4. The number of hydrogen-bond donors (Lipinski definition) is 1. The molecule has 1 aromatic heterocycles. The van der Waals surface area contributed by atoms with E-state index in [0.717, 1.165) is 5.56 Å². The maximum Gasteiger partial charge on any atom is 0.451 e. The van der Waals surface area contributed by atoms with Gasteiger partial charge in [0.2, 0.25) is 11.7 Å². The number of carbonyl (C=O) groups is 1. The molecule has 1 fully saturated rings. The number of nitrogens with two attached hydrogens (primary N) is 1. The number of nitrogens with zero attached hydrogens (tertiary/aromatic N) is 4. The highest BCUT2D eigenvalue weighted by molar-refractivity contribution is 5.89. The number of anilines is 1. The zero-order valence-electron chi connectivity index (χ0n) is 16.0. The Morgan fingerprint density at radius 2 is 1.57 bits per heavy atom. The van der Waals surface area contributed by atoms with E-state index in [0.29, 0.717) is 31.6 Å². The Kier molecular flexibility index (Phi) is 5.29. The van der Waals surface area contributed by atoms with E-state index in [1.807, 2.05) is 35.2 Å². The monoisotopic (exact) mass is 415 g/mol. The average Bonchev–Trinajstić information content (AvgIpc) is 2.73. The van der Waals surface area contributed by atoms with Gasteiger partial charge in [-0.15, -0.1) is 0 Å². The summed E-state index contributed by atoms with van der Waals surface area (Å²) < 4.78 is 39.9. The molecular weight excluding hydrogens is 395 g/mol. The Bertz CT molecular complexity index is 1050. The number of fused-ring (bicyclic) bond motifs is 1. The van der Waals surface area contributed by atoms with Gasteiger partial charge < -0.3 is 10.6 Å². The van der Waals surface area contributed by atoms with Gasteiger partial charge >= 0.3 is 6.18 Å². The highest BCUT2D eigenvalue weighted by Crippen LogP contribution is 2.32. The number of aromatic nitrogens is 2. The van der Waals surface area contributed by atoms with Crippen molar-refractivity contribution in [2.45, 2.75) is 12.2 Å². The van der Waals surface area contributed by atoms with Gasteiger partial charge in [0.1, 0.15) is 11.9 Å². The molecule has 1 atom stereocenters. The van der Waals surface area contributed by atoms with Gasteiger partial charge in [-0.3, -0.25) is 9.69 Å². The van der Waals surface area contributed by atoms with Crippen LogP contribution in [-0.2, 0) is 11.0 Å². The molecule has 6 nitrogen and oxygen atoms in total. The summed E-state index contributed by atoms with van der Waals surface area (Å²) >= 11 is 0. The van der Waals surface area contributed by atoms with Crippen molar-refractivity contribution in [3.05, 3.63) is 66.0 Å². The van der Waals surface area contributed by atoms with Gasteiger partial charge in [0.05, 0.1) is 5.52 Å². The van der Waals surface area contributed by atoms with Gasteiger partial charge in [0.25, 0.3) is 0 Å². The average molecular weight is 415 g/mol. The number of carbonyl (C=O) groups excluding carboxylic acids is 1. The summed E-state index contributed by atoms with van der Waals surface area (Å²) in [6.07, 6.45) is -4.63. The maximum atomic E-state index is 13.3. The van der Waals surface area contributed by atoms with Gasteiger partial charge in [-0.25, -0.2) is 9.97 Å². The number of primary amides is 1. The number of halogens is 3. The van der Waals surface area contributed by atoms with Crippen LogP contribution in [0.15, 0.2) is 54.6 Å². The zero-order valence-corrected chi connectivity index (χ0v) is 16.0. The summed E-state index contributed by atoms with van der Waals surface area (Å²) in [6, 6.07) is 15.3. The highest BCUT2D eigenvalue weighted by Gasteiger charge is 2.37. The normalized spacial score (nSPS) is 16.6. The van der Waals surface area contributed by atoms with E-state index in [2.05, 4.69) is 9.97 Å². The molecule has 1 amide bonds. The molecule has 0 saturated carbocycles. The van der Waals surface area contributed by atoms with Gasteiger partial charge in [-0.2, -0.15) is 13.2 Å². The quantitative estimate of drug-likeness (QED) is 0.709. The lowest BCUT2D eigenvalue weighted by molar-refractivity contribution is -0.144. The maximum absolute atomic E-state index is 13.3. The lowest BCUT2D eigenvalue weighted by Crippen LogP contribution is -2.50. The Balaban J connectivity index is 1.61. The molecule has 0 bridgehead atoms. The van der Waals surface area contributed by atoms with Crippen molar-refractivity contribution >= 4 is 22.6 Å². The molecule has 0 radical (unpaired) electrons. The Morgan fingerprint density at radius 1 is 0.933 bits per heavy atom. The van der Waals surface area contributed by atoms with Crippen LogP contribution in [0.1, 0.15) is 17.4 Å². The standard InChI is InChI=1S/C21H20F3N5O/c22-21(23,24)20-26-16-9-5-4-8-15(16)19(27-20)29-12-10-28(11-13-29)17(18(25)30)14-6-2-1-3-7-14/h1-9,17H,10-13H2,(H2,25,30). The smallest absolute Gasteiger partial charge is 0.368 e. The van der Waals surface area contributed by atoms with Crippen molar-refractivity contribution in [2.24, 2.45) is 5.73 Å². The van der Waals surface area contributed by atoms with Crippen molar-refractivity contribution in [3.8, 4) is 0 Å². The number of alkyl halides is 3. The van der Waals surface area contributed by atoms with Crippen LogP contribution in [0.2, 0.25) is 0 Å². The molecule has 1 unspecified atom stereocenters. The van der Waals surface area contributed by atoms with Crippen LogP contribution in [0, 0.1) is 0 Å². The van der Waals surface area contributed by atoms with E-state index in [-0.39, 0.29) is 11.3 Å². The largest absolute Gasteiger partial charge is 0.451 e. The van der Waals surface area contributed by atoms with Crippen molar-refractivity contribution in [1.29, 1.82) is 0 Å². The van der Waals surface area contributed by atoms with Crippen LogP contribution >= 0.6 is 0 Å². The molecule has 2 heterocycles. The molecule has 2 aromatic carbocycles. The summed E-state index contributed by atoms with van der Waals surface area (Å²) in [5, 5.41) is 0.563. The second kappa shape index (κ2) is 7.91. The molecular formula is C21H20F3N5O. The number of benzene rings is 2. The van der Waals surface area contributed by atoms with Gasteiger partial charge in [0.15, 0.2) is 0 Å². The molecule has 1 aliphatic rings. The zero-order chi connectivity index (χ0) is 21.3. The third kappa shape index (κ3) is 3.93. The highest BCUT2D eigenvalue weighted by atomic mass is 19.4. The van der Waals surface area contributed by atoms with Crippen molar-refractivity contribution in [3.63, 3.8) is 0 Å². The molecule has 0 aliphatic carbocycles. The minimum atomic E-state index is -4.63. The molecule has 2 N–H and O–H groups in total. The molecule has 4 rings (SSSR count). The van der Waals surface area contributed by atoms with Crippen LogP contribution in [0.4, 0.5) is 19.0 Å². The fraction of sp³-hybridized carbons (Fsp3) is 0.286. The molecule has 30 heavy (non-hydrogen) atoms. The topological polar surface area (TPSA) is 75.4 Å². The number of hydrogen-bond acceptors (Lipinski definition) is 5. The van der Waals surface area contributed by atoms with Gasteiger partial charge in [-0.1, -0.05) is 42.5 Å². The third-order valence-corrected chi connectivity index (χ3v) is 5.20. The number of amides is 1. The predicted molar refractivity (Wildman–Crippen MR) is 107 cm³/mol. The van der Waals surface area contributed by atoms with E-state index in [1.54, 1.807) is 29.2 Å². The van der Waals surface area contributed by atoms with E-state index in [4.69, 9.17) is 5.73 Å². The predicted octanol–water partition coefficient (Wildman–Crippen LogP) is 3.00. The van der Waals surface area contributed by atoms with Crippen molar-refractivity contribution < 1.29 is 18.0 Å². The first-order valence-corrected chi connectivity index (χ1v) is 9.52. The second-order valence-corrected chi connectivity index (χ2v) is 7.12. The number of piperazine rings is 1. The minimum absolute atomic E-state index is 0.247. The minimum Gasteiger partial charge on any atom is -0.368 e. The van der Waals surface area contributed by atoms with Crippen LogP contribution in [0.25, 0.3) is 10.9 Å². The Labute approximate surface area is 171 Å². The molecule has 1 saturated heterocycles. The van der Waals surface area contributed by atoms with E-state index >= 15 is 0 Å². The first kappa shape index (κ1) is 20.1. The SMILES string of the molecule is NC(=O)C(c1ccccc1)N1CCN(c2nc(C(F)(F)F)nc3ccccc23)CC1. The van der Waals surface area contributed by atoms with Gasteiger partial charge in [0, 0.05) is 31.6 Å². The Hall–Kier alpha value is -3.20. The summed E-state index contributed by atoms with van der Waals surface area (Å²) in [5.41, 5.74) is 6.69. The summed E-state index contributed by atoms with van der Waals surface area (Å²) in [7, 11) is 0. The fourth-order valence-corrected chi connectivity index (χ4v) is 3.81. The molecule has 1 aliphatic heterocycles. The van der Waals surface area contributed by atoms with E-state index < -0.39 is 23.9 Å². The van der Waals surface area contributed by atoms with Crippen molar-refractivity contribution in [1.82, 2.24) is 14.9 Å². The van der Waals surface area contributed by atoms with Crippen LogP contribution in [-0.4, -0.2) is 47.0 Å². The first-order chi connectivity index (χ1) is 14.3. The number of para-hydroxylation sites is 1. The van der Waals surface area contributed by atoms with Crippen LogP contribution < -0.4 is 10.6 Å². The summed E-state index contributed by atoms with van der Waals surface area (Å²) in [5.74, 6) is -1.36. The van der Waals surface area contributed by atoms with Crippen LogP contribution in [0.3, 0.4) is 0 Å². The molecule has 0 spiro atoms. The summed E-state index contributed by atoms with van der Waals surface area (Å²) in [6.45, 7) is 1.74. The second-order valence-electron chi connectivity index (χ2n) is 7.12. The summed E-state index contributed by atoms with van der Waals surface area (Å²) in [4.78, 5) is 23.4. The molecule has 156 valence electrons. The van der Waals surface area contributed by atoms with Gasteiger partial charge in [-0.05, 0) is 17.7 Å². The van der Waals surface area contributed by atoms with Crippen molar-refractivity contribution in [2.75, 3.05) is 31.1 Å². The fourth-order valence-electron chi connectivity index (χ4n) is 3.81. The third-order valence-electron chi connectivity index (χ3n) is 5.20. The lowest BCUT2D eigenvalue weighted by Gasteiger charge is -2.39. The van der Waals surface area contributed by atoms with E-state index in [9.17, 15) is 18.0 Å². The van der Waals surface area contributed by atoms with E-state index in [1.165, 1.54) is 0 Å². The molecule has 9 heteroatoms.